The van der Waals surface area contributed by atoms with Gasteiger partial charge in [-0.15, -0.1) is 0 Å². The summed E-state index contributed by atoms with van der Waals surface area (Å²) in [5.74, 6) is -0.757. The van der Waals surface area contributed by atoms with Gasteiger partial charge in [-0.25, -0.2) is 9.59 Å². The quantitative estimate of drug-likeness (QED) is 0.598. The van der Waals surface area contributed by atoms with Crippen molar-refractivity contribution in [1.82, 2.24) is 0 Å². The second-order valence-electron chi connectivity index (χ2n) is 5.40. The van der Waals surface area contributed by atoms with Gasteiger partial charge < -0.3 is 9.47 Å². The number of hydrogen-bond acceptors (Lipinski definition) is 4. The van der Waals surface area contributed by atoms with Crippen LogP contribution < -0.4 is 0 Å². The van der Waals surface area contributed by atoms with Crippen LogP contribution in [0.4, 0.5) is 0 Å². The highest BCUT2D eigenvalue weighted by atomic mass is 16.5. The van der Waals surface area contributed by atoms with Crippen LogP contribution in [0.3, 0.4) is 0 Å². The van der Waals surface area contributed by atoms with E-state index in [2.05, 4.69) is 0 Å². The highest BCUT2D eigenvalue weighted by Gasteiger charge is 2.06. The van der Waals surface area contributed by atoms with Crippen molar-refractivity contribution in [3.05, 3.63) is 82.9 Å². The SMILES string of the molecule is Cc1ccc(C(=O)OC/C=C/COC(=O)c2ccc(C)cc2)cc1. The van der Waals surface area contributed by atoms with E-state index in [-0.39, 0.29) is 25.2 Å². The number of carbonyl (C=O) groups excluding carboxylic acids is 2. The number of rotatable bonds is 6. The molecule has 0 aromatic heterocycles. The van der Waals surface area contributed by atoms with Crippen molar-refractivity contribution in [3.63, 3.8) is 0 Å². The van der Waals surface area contributed by atoms with E-state index in [4.69, 9.17) is 9.47 Å². The molecule has 0 saturated heterocycles. The Morgan fingerprint density at radius 1 is 0.708 bits per heavy atom. The van der Waals surface area contributed by atoms with Gasteiger partial charge in [0.1, 0.15) is 13.2 Å². The van der Waals surface area contributed by atoms with E-state index in [9.17, 15) is 9.59 Å². The predicted molar refractivity (Wildman–Crippen MR) is 92.1 cm³/mol. The molecule has 2 rings (SSSR count). The maximum atomic E-state index is 11.8. The molecule has 2 aromatic carbocycles. The summed E-state index contributed by atoms with van der Waals surface area (Å²) in [6, 6.07) is 14.3. The molecule has 4 heteroatoms. The number of benzene rings is 2. The molecule has 0 atom stereocenters. The van der Waals surface area contributed by atoms with Gasteiger partial charge in [0.05, 0.1) is 11.1 Å². The Balaban J connectivity index is 1.69. The van der Waals surface area contributed by atoms with E-state index in [0.717, 1.165) is 11.1 Å². The van der Waals surface area contributed by atoms with E-state index < -0.39 is 0 Å². The third-order valence-electron chi connectivity index (χ3n) is 3.36. The Kier molecular flexibility index (Phi) is 6.32. The lowest BCUT2D eigenvalue weighted by Crippen LogP contribution is -2.06. The molecule has 0 radical (unpaired) electrons. The first-order valence-electron chi connectivity index (χ1n) is 7.69. The van der Waals surface area contributed by atoms with Crippen LogP contribution in [-0.2, 0) is 9.47 Å². The molecular weight excluding hydrogens is 304 g/mol. The van der Waals surface area contributed by atoms with Gasteiger partial charge in [-0.2, -0.15) is 0 Å². The first kappa shape index (κ1) is 17.5. The van der Waals surface area contributed by atoms with Crippen LogP contribution in [0.15, 0.2) is 60.7 Å². The molecule has 0 amide bonds. The molecule has 24 heavy (non-hydrogen) atoms. The van der Waals surface area contributed by atoms with Crippen LogP contribution >= 0.6 is 0 Å². The molecule has 0 aliphatic carbocycles. The van der Waals surface area contributed by atoms with Crippen LogP contribution in [-0.4, -0.2) is 25.2 Å². The fourth-order valence-corrected chi connectivity index (χ4v) is 1.93. The largest absolute Gasteiger partial charge is 0.458 e. The van der Waals surface area contributed by atoms with Crippen molar-refractivity contribution in [1.29, 1.82) is 0 Å². The fraction of sp³-hybridized carbons (Fsp3) is 0.200. The maximum Gasteiger partial charge on any atom is 0.338 e. The van der Waals surface area contributed by atoms with Gasteiger partial charge in [-0.3, -0.25) is 0 Å². The van der Waals surface area contributed by atoms with Crippen molar-refractivity contribution in [2.24, 2.45) is 0 Å². The van der Waals surface area contributed by atoms with Crippen molar-refractivity contribution >= 4 is 11.9 Å². The Bertz CT molecular complexity index is 649. The summed E-state index contributed by atoms with van der Waals surface area (Å²) in [7, 11) is 0. The van der Waals surface area contributed by atoms with E-state index in [1.165, 1.54) is 0 Å². The molecule has 0 bridgehead atoms. The molecule has 2 aromatic rings. The molecule has 4 nitrogen and oxygen atoms in total. The number of carbonyl (C=O) groups is 2. The Hall–Kier alpha value is -2.88. The number of hydrogen-bond donors (Lipinski definition) is 0. The first-order valence-corrected chi connectivity index (χ1v) is 7.69. The van der Waals surface area contributed by atoms with Gasteiger partial charge in [0.2, 0.25) is 0 Å². The van der Waals surface area contributed by atoms with Crippen LogP contribution in [0.2, 0.25) is 0 Å². The normalized spacial score (nSPS) is 10.6. The van der Waals surface area contributed by atoms with Crippen molar-refractivity contribution in [2.45, 2.75) is 13.8 Å². The van der Waals surface area contributed by atoms with Crippen molar-refractivity contribution in [3.8, 4) is 0 Å². The van der Waals surface area contributed by atoms with Crippen molar-refractivity contribution < 1.29 is 19.1 Å². The van der Waals surface area contributed by atoms with Gasteiger partial charge in [0, 0.05) is 0 Å². The Labute approximate surface area is 141 Å². The van der Waals surface area contributed by atoms with E-state index in [1.54, 1.807) is 36.4 Å². The Morgan fingerprint density at radius 2 is 1.04 bits per heavy atom. The zero-order chi connectivity index (χ0) is 17.4. The molecule has 124 valence electrons. The molecule has 0 unspecified atom stereocenters. The minimum atomic E-state index is -0.378. The zero-order valence-corrected chi connectivity index (χ0v) is 13.8. The van der Waals surface area contributed by atoms with Crippen LogP contribution in [0, 0.1) is 13.8 Å². The summed E-state index contributed by atoms with van der Waals surface area (Å²) >= 11 is 0. The second kappa shape index (κ2) is 8.67. The van der Waals surface area contributed by atoms with Gasteiger partial charge in [-0.1, -0.05) is 35.4 Å². The number of esters is 2. The van der Waals surface area contributed by atoms with Gasteiger partial charge in [0.25, 0.3) is 0 Å². The highest BCUT2D eigenvalue weighted by molar-refractivity contribution is 5.90. The third-order valence-corrected chi connectivity index (χ3v) is 3.36. The standard InChI is InChI=1S/C20H20O4/c1-15-5-9-17(10-6-15)19(21)23-13-3-4-14-24-20(22)18-11-7-16(2)8-12-18/h3-12H,13-14H2,1-2H3/b4-3+. The van der Waals surface area contributed by atoms with Gasteiger partial charge in [-0.05, 0) is 50.3 Å². The molecule has 0 N–H and O–H groups in total. The maximum absolute atomic E-state index is 11.8. The molecule has 0 spiro atoms. The van der Waals surface area contributed by atoms with Crippen molar-refractivity contribution in [2.75, 3.05) is 13.2 Å². The van der Waals surface area contributed by atoms with Gasteiger partial charge in [0.15, 0.2) is 0 Å². The molecule has 0 fully saturated rings. The molecule has 0 saturated carbocycles. The lowest BCUT2D eigenvalue weighted by molar-refractivity contribution is 0.0527. The molecule has 0 aliphatic heterocycles. The van der Waals surface area contributed by atoms with Crippen LogP contribution in [0.1, 0.15) is 31.8 Å². The molecule has 0 aliphatic rings. The van der Waals surface area contributed by atoms with E-state index >= 15 is 0 Å². The monoisotopic (exact) mass is 324 g/mol. The average molecular weight is 324 g/mol. The summed E-state index contributed by atoms with van der Waals surface area (Å²) < 4.78 is 10.2. The zero-order valence-electron chi connectivity index (χ0n) is 13.8. The summed E-state index contributed by atoms with van der Waals surface area (Å²) in [5.41, 5.74) is 3.20. The van der Waals surface area contributed by atoms with Gasteiger partial charge >= 0.3 is 11.9 Å². The fourth-order valence-electron chi connectivity index (χ4n) is 1.93. The topological polar surface area (TPSA) is 52.6 Å². The summed E-state index contributed by atoms with van der Waals surface area (Å²) in [5, 5.41) is 0. The highest BCUT2D eigenvalue weighted by Crippen LogP contribution is 2.06. The third kappa shape index (κ3) is 5.39. The Morgan fingerprint density at radius 3 is 1.38 bits per heavy atom. The van der Waals surface area contributed by atoms with E-state index in [1.807, 2.05) is 38.1 Å². The minimum absolute atomic E-state index is 0.134. The summed E-state index contributed by atoms with van der Waals surface area (Å²) in [6.07, 6.45) is 3.29. The summed E-state index contributed by atoms with van der Waals surface area (Å²) in [6.45, 7) is 4.18. The predicted octanol–water partition coefficient (Wildman–Crippen LogP) is 3.87. The van der Waals surface area contributed by atoms with E-state index in [0.29, 0.717) is 11.1 Å². The average Bonchev–Trinajstić information content (AvgIpc) is 2.58. The van der Waals surface area contributed by atoms with Crippen LogP contribution in [0.5, 0.6) is 0 Å². The smallest absolute Gasteiger partial charge is 0.338 e. The lowest BCUT2D eigenvalue weighted by atomic mass is 10.1. The van der Waals surface area contributed by atoms with Crippen LogP contribution in [0.25, 0.3) is 0 Å². The molecule has 0 heterocycles. The lowest BCUT2D eigenvalue weighted by Gasteiger charge is -2.03. The summed E-state index contributed by atoms with van der Waals surface area (Å²) in [4.78, 5) is 23.5. The number of aryl methyl sites for hydroxylation is 2. The molecular formula is C20H20O4. The minimum Gasteiger partial charge on any atom is -0.458 e. The number of ether oxygens (including phenoxy) is 2. The first-order chi connectivity index (χ1) is 11.6. The second-order valence-corrected chi connectivity index (χ2v) is 5.40.